The molecule has 76 valence electrons. The average Bonchev–Trinajstić information content (AvgIpc) is 2.14. The second-order valence-electron chi connectivity index (χ2n) is 3.01. The minimum Gasteiger partial charge on any atom is -0.306 e. The maximum atomic E-state index is 4.00. The zero-order valence-electron chi connectivity index (χ0n) is 8.84. The molecule has 0 aromatic heterocycles. The first kappa shape index (κ1) is 14.4. The van der Waals surface area contributed by atoms with Crippen LogP contribution in [-0.2, 0) is 0 Å². The van der Waals surface area contributed by atoms with E-state index in [2.05, 4.69) is 37.5 Å². The number of hydrogen-bond acceptors (Lipinski definition) is 3. The number of rotatable bonds is 6. The standard InChI is InChI=1S/C9H21N.H4N2/c1-4-6-8-10(3)9-7-5-2;1-2/h4-9H2,1-3H3;1-2H2. The summed E-state index contributed by atoms with van der Waals surface area (Å²) in [5.74, 6) is 8.00. The molecule has 0 aliphatic rings. The molecule has 0 spiro atoms. The van der Waals surface area contributed by atoms with Gasteiger partial charge >= 0.3 is 0 Å². The van der Waals surface area contributed by atoms with Crippen LogP contribution >= 0.6 is 0 Å². The van der Waals surface area contributed by atoms with E-state index in [1.54, 1.807) is 0 Å². The largest absolute Gasteiger partial charge is 0.306 e. The number of unbranched alkanes of at least 4 members (excludes halogenated alkanes) is 2. The topological polar surface area (TPSA) is 55.3 Å². The van der Waals surface area contributed by atoms with Crippen LogP contribution in [0.4, 0.5) is 0 Å². The van der Waals surface area contributed by atoms with E-state index in [0.717, 1.165) is 0 Å². The number of hydrogen-bond donors (Lipinski definition) is 2. The highest BCUT2D eigenvalue weighted by atomic mass is 15.1. The predicted octanol–water partition coefficient (Wildman–Crippen LogP) is 1.34. The Labute approximate surface area is 77.1 Å². The molecule has 0 rings (SSSR count). The molecule has 3 nitrogen and oxygen atoms in total. The van der Waals surface area contributed by atoms with Gasteiger partial charge in [0.05, 0.1) is 0 Å². The highest BCUT2D eigenvalue weighted by molar-refractivity contribution is 4.49. The van der Waals surface area contributed by atoms with Crippen LogP contribution in [-0.4, -0.2) is 25.0 Å². The van der Waals surface area contributed by atoms with Gasteiger partial charge < -0.3 is 4.90 Å². The first-order valence-corrected chi connectivity index (χ1v) is 4.83. The van der Waals surface area contributed by atoms with Crippen molar-refractivity contribution < 1.29 is 0 Å². The normalized spacial score (nSPS) is 9.50. The van der Waals surface area contributed by atoms with Crippen molar-refractivity contribution in [3.63, 3.8) is 0 Å². The van der Waals surface area contributed by atoms with E-state index in [1.807, 2.05) is 0 Å². The van der Waals surface area contributed by atoms with Crippen LogP contribution in [0.25, 0.3) is 0 Å². The van der Waals surface area contributed by atoms with Crippen LogP contribution in [0.1, 0.15) is 39.5 Å². The van der Waals surface area contributed by atoms with Gasteiger partial charge in [-0.1, -0.05) is 26.7 Å². The highest BCUT2D eigenvalue weighted by Gasteiger charge is 1.94. The lowest BCUT2D eigenvalue weighted by molar-refractivity contribution is 0.322. The van der Waals surface area contributed by atoms with Gasteiger partial charge in [-0.15, -0.1) is 0 Å². The second kappa shape index (κ2) is 13.5. The van der Waals surface area contributed by atoms with Crippen molar-refractivity contribution in [2.24, 2.45) is 11.7 Å². The van der Waals surface area contributed by atoms with Gasteiger partial charge in [-0.05, 0) is 33.0 Å². The van der Waals surface area contributed by atoms with E-state index in [1.165, 1.54) is 38.8 Å². The van der Waals surface area contributed by atoms with Gasteiger partial charge in [-0.3, -0.25) is 11.7 Å². The molecule has 0 bridgehead atoms. The molecule has 0 amide bonds. The van der Waals surface area contributed by atoms with Crippen LogP contribution in [0, 0.1) is 0 Å². The molecule has 0 aromatic rings. The van der Waals surface area contributed by atoms with Crippen LogP contribution in [0.15, 0.2) is 0 Å². The van der Waals surface area contributed by atoms with Crippen molar-refractivity contribution in [1.82, 2.24) is 4.90 Å². The van der Waals surface area contributed by atoms with E-state index in [9.17, 15) is 0 Å². The van der Waals surface area contributed by atoms with E-state index in [4.69, 9.17) is 0 Å². The maximum Gasteiger partial charge on any atom is -0.00219 e. The first-order chi connectivity index (χ1) is 5.81. The molecule has 0 aliphatic heterocycles. The first-order valence-electron chi connectivity index (χ1n) is 4.83. The van der Waals surface area contributed by atoms with Gasteiger partial charge in [-0.2, -0.15) is 0 Å². The lowest BCUT2D eigenvalue weighted by atomic mass is 10.3. The van der Waals surface area contributed by atoms with Crippen molar-refractivity contribution in [2.75, 3.05) is 20.1 Å². The Morgan fingerprint density at radius 2 is 1.25 bits per heavy atom. The SMILES string of the molecule is CCCCN(C)CCCC.NN. The molecule has 0 aromatic carbocycles. The Bertz CT molecular complexity index is 58.8. The third kappa shape index (κ3) is 12.5. The summed E-state index contributed by atoms with van der Waals surface area (Å²) in [6, 6.07) is 0. The summed E-state index contributed by atoms with van der Waals surface area (Å²) < 4.78 is 0. The Balaban J connectivity index is 0. The summed E-state index contributed by atoms with van der Waals surface area (Å²) in [5, 5.41) is 0. The number of hydrazine groups is 1. The minimum absolute atomic E-state index is 1.27. The third-order valence-corrected chi connectivity index (χ3v) is 1.79. The Hall–Kier alpha value is -0.120. The van der Waals surface area contributed by atoms with Gasteiger partial charge in [0.25, 0.3) is 0 Å². The quantitative estimate of drug-likeness (QED) is 0.473. The Morgan fingerprint density at radius 3 is 1.50 bits per heavy atom. The molecule has 0 heterocycles. The molecule has 4 N–H and O–H groups in total. The van der Waals surface area contributed by atoms with Crippen LogP contribution < -0.4 is 11.7 Å². The lowest BCUT2D eigenvalue weighted by Crippen LogP contribution is -2.20. The average molecular weight is 175 g/mol. The van der Waals surface area contributed by atoms with E-state index < -0.39 is 0 Å². The van der Waals surface area contributed by atoms with Crippen LogP contribution in [0.5, 0.6) is 0 Å². The molecule has 0 saturated heterocycles. The smallest absolute Gasteiger partial charge is 0.00219 e. The van der Waals surface area contributed by atoms with Crippen molar-refractivity contribution >= 4 is 0 Å². The lowest BCUT2D eigenvalue weighted by Gasteiger charge is -2.14. The summed E-state index contributed by atoms with van der Waals surface area (Å²) in [6.45, 7) is 7.04. The van der Waals surface area contributed by atoms with Crippen molar-refractivity contribution in [3.8, 4) is 0 Å². The van der Waals surface area contributed by atoms with Gasteiger partial charge in [0, 0.05) is 0 Å². The zero-order valence-corrected chi connectivity index (χ0v) is 8.84. The summed E-state index contributed by atoms with van der Waals surface area (Å²) in [4.78, 5) is 2.42. The summed E-state index contributed by atoms with van der Waals surface area (Å²) >= 11 is 0. The predicted molar refractivity (Wildman–Crippen MR) is 55.7 cm³/mol. The van der Waals surface area contributed by atoms with Gasteiger partial charge in [0.15, 0.2) is 0 Å². The van der Waals surface area contributed by atoms with Gasteiger partial charge in [0.2, 0.25) is 0 Å². The molecule has 12 heavy (non-hydrogen) atoms. The maximum absolute atomic E-state index is 4.00. The monoisotopic (exact) mass is 175 g/mol. The number of nitrogens with two attached hydrogens (primary N) is 2. The molecule has 0 radical (unpaired) electrons. The van der Waals surface area contributed by atoms with Crippen molar-refractivity contribution in [3.05, 3.63) is 0 Å². The van der Waals surface area contributed by atoms with E-state index in [-0.39, 0.29) is 0 Å². The fourth-order valence-electron chi connectivity index (χ4n) is 0.968. The highest BCUT2D eigenvalue weighted by Crippen LogP contribution is 1.94. The van der Waals surface area contributed by atoms with Crippen LogP contribution in [0.2, 0.25) is 0 Å². The molecule has 0 aliphatic carbocycles. The van der Waals surface area contributed by atoms with Crippen molar-refractivity contribution in [2.45, 2.75) is 39.5 Å². The fourth-order valence-corrected chi connectivity index (χ4v) is 0.968. The molecular weight excluding hydrogens is 150 g/mol. The summed E-state index contributed by atoms with van der Waals surface area (Å²) in [6.07, 6.45) is 5.33. The molecule has 0 fully saturated rings. The third-order valence-electron chi connectivity index (χ3n) is 1.79. The van der Waals surface area contributed by atoms with Gasteiger partial charge in [-0.25, -0.2) is 0 Å². The molecule has 3 heteroatoms. The molecular formula is C9H25N3. The van der Waals surface area contributed by atoms with E-state index >= 15 is 0 Å². The molecule has 0 atom stereocenters. The number of nitrogens with zero attached hydrogens (tertiary/aromatic N) is 1. The fraction of sp³-hybridized carbons (Fsp3) is 1.00. The zero-order chi connectivity index (χ0) is 9.82. The second-order valence-corrected chi connectivity index (χ2v) is 3.01. The summed E-state index contributed by atoms with van der Waals surface area (Å²) in [7, 11) is 2.21. The molecule has 0 unspecified atom stereocenters. The van der Waals surface area contributed by atoms with Gasteiger partial charge in [0.1, 0.15) is 0 Å². The Morgan fingerprint density at radius 1 is 0.917 bits per heavy atom. The van der Waals surface area contributed by atoms with Crippen molar-refractivity contribution in [1.29, 1.82) is 0 Å². The Kier molecular flexibility index (Phi) is 16.2. The minimum atomic E-state index is 1.27. The molecule has 0 saturated carbocycles. The van der Waals surface area contributed by atoms with Crippen LogP contribution in [0.3, 0.4) is 0 Å². The summed E-state index contributed by atoms with van der Waals surface area (Å²) in [5.41, 5.74) is 0. The van der Waals surface area contributed by atoms with E-state index in [0.29, 0.717) is 0 Å².